The van der Waals surface area contributed by atoms with Gasteiger partial charge in [0.1, 0.15) is 6.54 Å². The van der Waals surface area contributed by atoms with Gasteiger partial charge in [0, 0.05) is 24.9 Å². The highest BCUT2D eigenvalue weighted by atomic mass is 16.3. The summed E-state index contributed by atoms with van der Waals surface area (Å²) in [6, 6.07) is 10.7. The summed E-state index contributed by atoms with van der Waals surface area (Å²) < 4.78 is 0.946. The maximum Gasteiger partial charge on any atom is 0.220 e. The lowest BCUT2D eigenvalue weighted by Crippen LogP contribution is -2.54. The van der Waals surface area contributed by atoms with Crippen LogP contribution in [0.5, 0.6) is 0 Å². The van der Waals surface area contributed by atoms with Crippen LogP contribution in [0.15, 0.2) is 30.3 Å². The number of benzene rings is 1. The molecule has 4 unspecified atom stereocenters. The Bertz CT molecular complexity index is 994. The molecule has 40 heavy (non-hydrogen) atoms. The predicted molar refractivity (Wildman–Crippen MR) is 164 cm³/mol. The Morgan fingerprint density at radius 3 is 2.50 bits per heavy atom. The van der Waals surface area contributed by atoms with Gasteiger partial charge in [-0.2, -0.15) is 0 Å². The zero-order valence-corrected chi connectivity index (χ0v) is 26.3. The summed E-state index contributed by atoms with van der Waals surface area (Å²) in [4.78, 5) is 12.8. The smallest absolute Gasteiger partial charge is 0.220 e. The summed E-state index contributed by atoms with van der Waals surface area (Å²) in [5, 5.41) is 13.6. The summed E-state index contributed by atoms with van der Waals surface area (Å²) in [6.45, 7) is 10.6. The maximum atomic E-state index is 12.8. The predicted octanol–water partition coefficient (Wildman–Crippen LogP) is 7.21. The van der Waals surface area contributed by atoms with Crippen LogP contribution >= 0.6 is 0 Å². The molecule has 1 amide bonds. The van der Waals surface area contributed by atoms with Crippen molar-refractivity contribution in [2.24, 2.45) is 46.3 Å². The summed E-state index contributed by atoms with van der Waals surface area (Å²) in [5.74, 6) is 5.00. The highest BCUT2D eigenvalue weighted by molar-refractivity contribution is 5.75. The van der Waals surface area contributed by atoms with Gasteiger partial charge in [-0.05, 0) is 111 Å². The summed E-state index contributed by atoms with van der Waals surface area (Å²) in [6.07, 6.45) is 14.2. The Hall–Kier alpha value is -1.39. The molecule has 1 aromatic carbocycles. The summed E-state index contributed by atoms with van der Waals surface area (Å²) in [5.41, 5.74) is 2.29. The second kappa shape index (κ2) is 12.1. The summed E-state index contributed by atoms with van der Waals surface area (Å²) in [7, 11) is 4.57. The van der Waals surface area contributed by atoms with Crippen molar-refractivity contribution >= 4 is 5.91 Å². The Balaban J connectivity index is 1.07. The first-order valence-corrected chi connectivity index (χ1v) is 16.8. The lowest BCUT2D eigenvalue weighted by Gasteiger charge is -2.61. The van der Waals surface area contributed by atoms with E-state index < -0.39 is 0 Å². The minimum Gasteiger partial charge on any atom is -0.393 e. The number of carbonyl (C=O) groups is 1. The molecule has 0 heterocycles. The van der Waals surface area contributed by atoms with Gasteiger partial charge in [-0.3, -0.25) is 4.79 Å². The molecule has 4 aliphatic carbocycles. The second-order valence-electron chi connectivity index (χ2n) is 15.8. The number of fused-ring (bicyclic) bond motifs is 5. The highest BCUT2D eigenvalue weighted by Gasteiger charge is 2.60. The molecular formula is C36H59N2O2+. The average Bonchev–Trinajstić information content (AvgIpc) is 3.28. The van der Waals surface area contributed by atoms with E-state index >= 15 is 0 Å². The van der Waals surface area contributed by atoms with Gasteiger partial charge in [0.25, 0.3) is 0 Å². The third kappa shape index (κ3) is 6.19. The van der Waals surface area contributed by atoms with Crippen LogP contribution in [0.4, 0.5) is 0 Å². The van der Waals surface area contributed by atoms with Crippen molar-refractivity contribution in [2.75, 3.05) is 27.2 Å². The van der Waals surface area contributed by atoms with Gasteiger partial charge in [0.2, 0.25) is 5.91 Å². The Morgan fingerprint density at radius 2 is 1.73 bits per heavy atom. The average molecular weight is 552 g/mol. The normalized spacial score (nSPS) is 38.1. The second-order valence-corrected chi connectivity index (χ2v) is 15.8. The molecule has 4 aliphatic rings. The van der Waals surface area contributed by atoms with Crippen molar-refractivity contribution < 1.29 is 14.4 Å². The number of nitrogens with one attached hydrogen (secondary N) is 1. The molecule has 4 saturated carbocycles. The standard InChI is InChI=1S/C36H58N2O2/c1-26(12-17-34(40)37-22-9-23-38(4,5)25-27-10-7-6-8-11-27)31-15-16-32-30-14-13-28-24-29(39)18-20-35(28,2)33(30)19-21-36(31,32)3/h6-8,10-11,26,28-33,39H,9,12-25H2,1-5H3/p+1/t26-,28?,29-,30?,31-,32?,33?,35+,36-/m1/s1. The number of hydrogen-bond acceptors (Lipinski definition) is 2. The third-order valence-electron chi connectivity index (χ3n) is 12.9. The molecule has 5 rings (SSSR count). The lowest BCUT2D eigenvalue weighted by molar-refractivity contribution is -0.903. The van der Waals surface area contributed by atoms with Crippen molar-refractivity contribution in [3.63, 3.8) is 0 Å². The Kier molecular flexibility index (Phi) is 9.08. The zero-order valence-electron chi connectivity index (χ0n) is 26.3. The van der Waals surface area contributed by atoms with E-state index in [0.717, 1.165) is 79.4 Å². The first-order valence-electron chi connectivity index (χ1n) is 16.8. The topological polar surface area (TPSA) is 49.3 Å². The molecule has 4 heteroatoms. The van der Waals surface area contributed by atoms with Crippen LogP contribution in [-0.2, 0) is 11.3 Å². The number of rotatable bonds is 10. The van der Waals surface area contributed by atoms with E-state index in [4.69, 9.17) is 0 Å². The van der Waals surface area contributed by atoms with Crippen molar-refractivity contribution in [3.05, 3.63) is 35.9 Å². The molecule has 9 atom stereocenters. The molecule has 0 spiro atoms. The molecule has 0 bridgehead atoms. The van der Waals surface area contributed by atoms with Gasteiger partial charge in [0.05, 0.1) is 26.7 Å². The van der Waals surface area contributed by atoms with Crippen LogP contribution in [0.3, 0.4) is 0 Å². The van der Waals surface area contributed by atoms with Crippen LogP contribution in [0, 0.1) is 46.3 Å². The number of amides is 1. The van der Waals surface area contributed by atoms with E-state index in [0.29, 0.717) is 23.2 Å². The molecule has 1 aromatic rings. The number of aliphatic hydroxyl groups is 1. The van der Waals surface area contributed by atoms with E-state index in [1.54, 1.807) is 0 Å². The van der Waals surface area contributed by atoms with Gasteiger partial charge in [0.15, 0.2) is 0 Å². The minimum absolute atomic E-state index is 0.0527. The quantitative estimate of drug-likeness (QED) is 0.239. The molecule has 4 fully saturated rings. The van der Waals surface area contributed by atoms with Crippen molar-refractivity contribution in [1.29, 1.82) is 0 Å². The largest absolute Gasteiger partial charge is 0.393 e. The first-order chi connectivity index (χ1) is 19.0. The Labute approximate surface area is 245 Å². The van der Waals surface area contributed by atoms with Gasteiger partial charge in [-0.1, -0.05) is 51.1 Å². The monoisotopic (exact) mass is 551 g/mol. The van der Waals surface area contributed by atoms with E-state index in [-0.39, 0.29) is 12.0 Å². The van der Waals surface area contributed by atoms with Gasteiger partial charge < -0.3 is 14.9 Å². The SMILES string of the molecule is C[C@H](CCC(=O)NCCC[N+](C)(C)Cc1ccccc1)[C@H]1CCC2C3CCC4C[C@H](O)CC[C@]4(C)C3CC[C@@]21C. The minimum atomic E-state index is -0.0527. The molecule has 0 aromatic heterocycles. The van der Waals surface area contributed by atoms with Crippen molar-refractivity contribution in [2.45, 2.75) is 110 Å². The van der Waals surface area contributed by atoms with Crippen LogP contribution in [0.1, 0.15) is 103 Å². The number of carbonyl (C=O) groups excluding carboxylic acids is 1. The lowest BCUT2D eigenvalue weighted by atomic mass is 9.44. The van der Waals surface area contributed by atoms with Gasteiger partial charge in [-0.25, -0.2) is 0 Å². The van der Waals surface area contributed by atoms with Crippen LogP contribution in [0.2, 0.25) is 0 Å². The Morgan fingerprint density at radius 1 is 1.00 bits per heavy atom. The summed E-state index contributed by atoms with van der Waals surface area (Å²) >= 11 is 0. The van der Waals surface area contributed by atoms with E-state index in [2.05, 4.69) is 70.5 Å². The fourth-order valence-electron chi connectivity index (χ4n) is 10.8. The van der Waals surface area contributed by atoms with Crippen molar-refractivity contribution in [1.82, 2.24) is 5.32 Å². The number of hydrogen-bond donors (Lipinski definition) is 2. The first kappa shape index (κ1) is 30.1. The van der Waals surface area contributed by atoms with Crippen LogP contribution in [-0.4, -0.2) is 48.8 Å². The number of nitrogens with zero attached hydrogens (tertiary/aromatic N) is 1. The molecule has 0 aliphatic heterocycles. The van der Waals surface area contributed by atoms with E-state index in [1.807, 2.05) is 0 Å². The molecule has 4 nitrogen and oxygen atoms in total. The van der Waals surface area contributed by atoms with Gasteiger partial charge >= 0.3 is 0 Å². The fourth-order valence-corrected chi connectivity index (χ4v) is 10.8. The van der Waals surface area contributed by atoms with Gasteiger partial charge in [-0.15, -0.1) is 0 Å². The zero-order chi connectivity index (χ0) is 28.5. The fraction of sp³-hybridized carbons (Fsp3) is 0.806. The molecule has 0 saturated heterocycles. The molecule has 0 radical (unpaired) electrons. The molecular weight excluding hydrogens is 492 g/mol. The van der Waals surface area contributed by atoms with E-state index in [1.165, 1.54) is 50.5 Å². The molecule has 2 N–H and O–H groups in total. The molecule has 224 valence electrons. The van der Waals surface area contributed by atoms with Crippen LogP contribution in [0.25, 0.3) is 0 Å². The number of quaternary nitrogens is 1. The highest BCUT2D eigenvalue weighted by Crippen LogP contribution is 2.68. The third-order valence-corrected chi connectivity index (χ3v) is 12.9. The maximum absolute atomic E-state index is 12.8. The number of aliphatic hydroxyl groups excluding tert-OH is 1. The van der Waals surface area contributed by atoms with Crippen molar-refractivity contribution in [3.8, 4) is 0 Å². The van der Waals surface area contributed by atoms with E-state index in [9.17, 15) is 9.90 Å². The van der Waals surface area contributed by atoms with Crippen LogP contribution < -0.4 is 5.32 Å².